The van der Waals surface area contributed by atoms with E-state index in [-0.39, 0.29) is 22.9 Å². The number of H-pyrrole nitrogens is 1. The number of hydrogen-bond donors (Lipinski definition) is 3. The highest BCUT2D eigenvalue weighted by Crippen LogP contribution is 2.39. The van der Waals surface area contributed by atoms with Crippen LogP contribution < -0.4 is 21.3 Å². The number of rotatable bonds is 9. The summed E-state index contributed by atoms with van der Waals surface area (Å²) in [6.07, 6.45) is 5.07. The molecular formula is C31H30F2N6O3. The lowest BCUT2D eigenvalue weighted by atomic mass is 9.98. The number of nitrogens with one attached hydrogen (secondary N) is 2. The Bertz CT molecular complexity index is 1850. The first-order valence-electron chi connectivity index (χ1n) is 13.7. The standard InChI is InChI=1S/C31H30F2N6O3/c1-17-28(31(41)39(38(17)2)22-8-5-20(32)6-9-22)30(40)36-21-7-10-27(24(33)14-21)42-26-11-12-35-29-23(26)15-25(37-29)19(16-34)13-18-3-4-18/h5-12,14-15,18-19H,3-4,13,16,34H2,1-2H3,(H,35,37)(H,36,40). The Morgan fingerprint density at radius 2 is 1.90 bits per heavy atom. The summed E-state index contributed by atoms with van der Waals surface area (Å²) in [4.78, 5) is 34.0. The van der Waals surface area contributed by atoms with Gasteiger partial charge in [-0.2, -0.15) is 0 Å². The minimum Gasteiger partial charge on any atom is -0.453 e. The van der Waals surface area contributed by atoms with Crippen molar-refractivity contribution in [2.24, 2.45) is 18.7 Å². The molecule has 0 spiro atoms. The summed E-state index contributed by atoms with van der Waals surface area (Å²) >= 11 is 0. The molecule has 4 N–H and O–H groups in total. The van der Waals surface area contributed by atoms with Gasteiger partial charge in [-0.25, -0.2) is 18.4 Å². The van der Waals surface area contributed by atoms with Gasteiger partial charge in [-0.1, -0.05) is 12.8 Å². The molecule has 1 unspecified atom stereocenters. The monoisotopic (exact) mass is 572 g/mol. The van der Waals surface area contributed by atoms with Gasteiger partial charge in [0.15, 0.2) is 11.6 Å². The Balaban J connectivity index is 1.22. The molecule has 3 aromatic heterocycles. The van der Waals surface area contributed by atoms with Crippen LogP contribution in [0.1, 0.15) is 46.9 Å². The highest BCUT2D eigenvalue weighted by molar-refractivity contribution is 6.05. The molecule has 1 fully saturated rings. The van der Waals surface area contributed by atoms with Crippen LogP contribution in [-0.4, -0.2) is 31.8 Å². The molecule has 0 bridgehead atoms. The summed E-state index contributed by atoms with van der Waals surface area (Å²) in [6, 6.07) is 13.0. The van der Waals surface area contributed by atoms with Crippen molar-refractivity contribution < 1.29 is 18.3 Å². The highest BCUT2D eigenvalue weighted by atomic mass is 19.1. The lowest BCUT2D eigenvalue weighted by Gasteiger charge is -2.11. The van der Waals surface area contributed by atoms with Gasteiger partial charge in [0.05, 0.1) is 16.8 Å². The first-order chi connectivity index (χ1) is 20.2. The Morgan fingerprint density at radius 1 is 1.14 bits per heavy atom. The summed E-state index contributed by atoms with van der Waals surface area (Å²) in [5, 5.41) is 3.32. The van der Waals surface area contributed by atoms with Gasteiger partial charge in [0.25, 0.3) is 11.5 Å². The van der Waals surface area contributed by atoms with E-state index in [0.29, 0.717) is 35.2 Å². The van der Waals surface area contributed by atoms with Gasteiger partial charge >= 0.3 is 0 Å². The molecule has 0 aliphatic heterocycles. The number of halogens is 2. The second kappa shape index (κ2) is 10.9. The number of carbonyl (C=O) groups excluding carboxylic acids is 1. The van der Waals surface area contributed by atoms with Crippen molar-refractivity contribution in [3.05, 3.63) is 99.7 Å². The summed E-state index contributed by atoms with van der Waals surface area (Å²) in [6.45, 7) is 2.14. The van der Waals surface area contributed by atoms with Gasteiger partial charge in [-0.15, -0.1) is 0 Å². The highest BCUT2D eigenvalue weighted by Gasteiger charge is 2.27. The van der Waals surface area contributed by atoms with E-state index in [2.05, 4.69) is 15.3 Å². The molecule has 11 heteroatoms. The summed E-state index contributed by atoms with van der Waals surface area (Å²) in [7, 11) is 1.62. The average molecular weight is 573 g/mol. The van der Waals surface area contributed by atoms with E-state index in [1.807, 2.05) is 6.07 Å². The van der Waals surface area contributed by atoms with Crippen molar-refractivity contribution in [2.45, 2.75) is 32.1 Å². The number of benzene rings is 2. The van der Waals surface area contributed by atoms with E-state index in [1.54, 1.807) is 26.2 Å². The Labute approximate surface area is 239 Å². The molecule has 1 atom stereocenters. The van der Waals surface area contributed by atoms with Crippen LogP contribution in [0.4, 0.5) is 14.5 Å². The van der Waals surface area contributed by atoms with Crippen molar-refractivity contribution in [2.75, 3.05) is 11.9 Å². The number of aromatic amines is 1. The molecule has 1 aliphatic carbocycles. The number of nitrogens with zero attached hydrogens (tertiary/aromatic N) is 3. The predicted molar refractivity (Wildman–Crippen MR) is 155 cm³/mol. The van der Waals surface area contributed by atoms with E-state index < -0.39 is 23.1 Å². The zero-order chi connectivity index (χ0) is 29.5. The number of fused-ring (bicyclic) bond motifs is 1. The van der Waals surface area contributed by atoms with Crippen LogP contribution in [-0.2, 0) is 7.05 Å². The zero-order valence-corrected chi connectivity index (χ0v) is 23.2. The molecule has 1 amide bonds. The lowest BCUT2D eigenvalue weighted by molar-refractivity contribution is 0.102. The minimum absolute atomic E-state index is 0.0360. The number of pyridine rings is 1. The van der Waals surface area contributed by atoms with Crippen LogP contribution in [0.2, 0.25) is 0 Å². The molecule has 9 nitrogen and oxygen atoms in total. The fourth-order valence-electron chi connectivity index (χ4n) is 5.25. The van der Waals surface area contributed by atoms with E-state index in [1.165, 1.54) is 58.6 Å². The second-order valence-corrected chi connectivity index (χ2v) is 10.7. The maximum Gasteiger partial charge on any atom is 0.284 e. The molecule has 1 aliphatic rings. The molecule has 216 valence electrons. The maximum absolute atomic E-state index is 15.2. The van der Waals surface area contributed by atoms with Gasteiger partial charge in [0, 0.05) is 43.2 Å². The summed E-state index contributed by atoms with van der Waals surface area (Å²) < 4.78 is 37.3. The fraction of sp³-hybridized carbons (Fsp3) is 0.258. The van der Waals surface area contributed by atoms with Crippen molar-refractivity contribution >= 4 is 22.6 Å². The molecule has 1 saturated carbocycles. The predicted octanol–water partition coefficient (Wildman–Crippen LogP) is 5.53. The number of amides is 1. The Kier molecular flexibility index (Phi) is 7.11. The molecular weight excluding hydrogens is 542 g/mol. The first kappa shape index (κ1) is 27.4. The summed E-state index contributed by atoms with van der Waals surface area (Å²) in [5.41, 5.74) is 7.91. The van der Waals surface area contributed by atoms with Crippen LogP contribution in [0, 0.1) is 24.5 Å². The molecule has 0 radical (unpaired) electrons. The molecule has 6 rings (SSSR count). The van der Waals surface area contributed by atoms with Crippen LogP contribution >= 0.6 is 0 Å². The third-order valence-electron chi connectivity index (χ3n) is 7.81. The molecule has 2 aromatic carbocycles. The fourth-order valence-corrected chi connectivity index (χ4v) is 5.25. The molecule has 5 aromatic rings. The van der Waals surface area contributed by atoms with Gasteiger partial charge in [-0.3, -0.25) is 14.3 Å². The van der Waals surface area contributed by atoms with E-state index in [9.17, 15) is 14.0 Å². The van der Waals surface area contributed by atoms with Crippen molar-refractivity contribution in [1.82, 2.24) is 19.3 Å². The Morgan fingerprint density at radius 3 is 2.60 bits per heavy atom. The topological polar surface area (TPSA) is 120 Å². The number of nitrogens with two attached hydrogens (primary N) is 1. The van der Waals surface area contributed by atoms with Crippen LogP contribution in [0.25, 0.3) is 16.7 Å². The number of carbonyl (C=O) groups is 1. The largest absolute Gasteiger partial charge is 0.453 e. The number of ether oxygens (including phenoxy) is 1. The first-order valence-corrected chi connectivity index (χ1v) is 13.7. The number of anilines is 1. The van der Waals surface area contributed by atoms with E-state index in [4.69, 9.17) is 10.5 Å². The zero-order valence-electron chi connectivity index (χ0n) is 23.2. The van der Waals surface area contributed by atoms with Crippen molar-refractivity contribution in [1.29, 1.82) is 0 Å². The summed E-state index contributed by atoms with van der Waals surface area (Å²) in [5.74, 6) is -0.544. The minimum atomic E-state index is -0.699. The second-order valence-electron chi connectivity index (χ2n) is 10.7. The van der Waals surface area contributed by atoms with Crippen LogP contribution in [0.5, 0.6) is 11.5 Å². The maximum atomic E-state index is 15.2. The number of hydrogen-bond acceptors (Lipinski definition) is 5. The molecule has 3 heterocycles. The normalized spacial score (nSPS) is 13.8. The van der Waals surface area contributed by atoms with E-state index in [0.717, 1.165) is 23.6 Å². The number of aromatic nitrogens is 4. The molecule has 42 heavy (non-hydrogen) atoms. The van der Waals surface area contributed by atoms with Crippen LogP contribution in [0.3, 0.4) is 0 Å². The van der Waals surface area contributed by atoms with E-state index >= 15 is 4.39 Å². The van der Waals surface area contributed by atoms with Gasteiger partial charge in [-0.05, 0) is 67.8 Å². The average Bonchev–Trinajstić information content (AvgIpc) is 3.63. The van der Waals surface area contributed by atoms with Crippen LogP contribution in [0.15, 0.2) is 65.6 Å². The lowest BCUT2D eigenvalue weighted by Crippen LogP contribution is -2.25. The van der Waals surface area contributed by atoms with Crippen molar-refractivity contribution in [3.63, 3.8) is 0 Å². The smallest absolute Gasteiger partial charge is 0.284 e. The SMILES string of the molecule is Cc1c(C(=O)Nc2ccc(Oc3ccnc4[nH]c(C(CN)CC5CC5)cc34)c(F)c2)c(=O)n(-c2ccc(F)cc2)n1C. The van der Waals surface area contributed by atoms with Gasteiger partial charge < -0.3 is 20.8 Å². The third-order valence-corrected chi connectivity index (χ3v) is 7.81. The van der Waals surface area contributed by atoms with Gasteiger partial charge in [0.1, 0.15) is 22.8 Å². The van der Waals surface area contributed by atoms with Crippen molar-refractivity contribution in [3.8, 4) is 17.2 Å². The quantitative estimate of drug-likeness (QED) is 0.215. The third kappa shape index (κ3) is 5.18. The Hall–Kier alpha value is -4.77. The molecule has 0 saturated heterocycles. The van der Waals surface area contributed by atoms with Gasteiger partial charge in [0.2, 0.25) is 0 Å².